The van der Waals surface area contributed by atoms with Crippen LogP contribution in [0.15, 0.2) is 30.3 Å². The Labute approximate surface area is 85.2 Å². The van der Waals surface area contributed by atoms with Crippen LogP contribution in [0, 0.1) is 0 Å². The number of hydrogen-bond donors (Lipinski definition) is 0. The van der Waals surface area contributed by atoms with Crippen molar-refractivity contribution in [2.75, 3.05) is 0 Å². The molecule has 0 aromatic heterocycles. The molecule has 0 fully saturated rings. The van der Waals surface area contributed by atoms with Crippen LogP contribution in [0.3, 0.4) is 0 Å². The minimum atomic E-state index is -0.624. The number of benzene rings is 1. The van der Waals surface area contributed by atoms with Crippen LogP contribution in [-0.2, 0) is 31.9 Å². The second kappa shape index (κ2) is 5.71. The van der Waals surface area contributed by atoms with E-state index in [1.165, 1.54) is 0 Å². The van der Waals surface area contributed by atoms with E-state index in [0.29, 0.717) is 5.56 Å². The molecule has 12 heavy (non-hydrogen) atoms. The fraction of sp³-hybridized carbons (Fsp3) is 0. The Hall–Kier alpha value is -0.900. The van der Waals surface area contributed by atoms with Gasteiger partial charge in [0.05, 0.1) is 5.56 Å². The van der Waals surface area contributed by atoms with Crippen molar-refractivity contribution in [1.29, 1.82) is 0 Å². The number of carbonyl (C=O) groups is 2. The van der Waals surface area contributed by atoms with Crippen LogP contribution in [0.25, 0.3) is 0 Å². The standard InChI is InChI=1S/C8H6O3.Ag/c9-6-11-8(10)7-4-2-1-3-5-7;/h1-6H;. The molecule has 1 aromatic carbocycles. The third kappa shape index (κ3) is 3.00. The summed E-state index contributed by atoms with van der Waals surface area (Å²) in [5.41, 5.74) is 0.375. The van der Waals surface area contributed by atoms with Crippen LogP contribution >= 0.6 is 0 Å². The minimum absolute atomic E-state index is 0. The van der Waals surface area contributed by atoms with Crippen LogP contribution < -0.4 is 0 Å². The first kappa shape index (κ1) is 11.1. The third-order valence-corrected chi connectivity index (χ3v) is 1.16. The van der Waals surface area contributed by atoms with Gasteiger partial charge in [0.1, 0.15) is 0 Å². The molecule has 0 bridgehead atoms. The fourth-order valence-electron chi connectivity index (χ4n) is 0.686. The van der Waals surface area contributed by atoms with Gasteiger partial charge in [0.25, 0.3) is 0 Å². The Bertz CT molecular complexity index is 258. The van der Waals surface area contributed by atoms with Crippen molar-refractivity contribution in [3.8, 4) is 0 Å². The Morgan fingerprint density at radius 3 is 2.33 bits per heavy atom. The van der Waals surface area contributed by atoms with E-state index in [1.807, 2.05) is 0 Å². The molecule has 0 saturated carbocycles. The summed E-state index contributed by atoms with van der Waals surface area (Å²) < 4.78 is 4.11. The molecule has 0 saturated heterocycles. The van der Waals surface area contributed by atoms with Crippen molar-refractivity contribution in [2.45, 2.75) is 0 Å². The van der Waals surface area contributed by atoms with Crippen LogP contribution in [0.1, 0.15) is 10.4 Å². The van der Waals surface area contributed by atoms with E-state index in [4.69, 9.17) is 0 Å². The molecule has 0 amide bonds. The fourth-order valence-corrected chi connectivity index (χ4v) is 0.686. The summed E-state index contributed by atoms with van der Waals surface area (Å²) >= 11 is 0. The number of carbonyl (C=O) groups excluding carboxylic acids is 2. The normalized spacial score (nSPS) is 8.00. The van der Waals surface area contributed by atoms with Crippen LogP contribution in [0.4, 0.5) is 0 Å². The molecule has 1 aromatic rings. The van der Waals surface area contributed by atoms with Crippen molar-refractivity contribution in [3.63, 3.8) is 0 Å². The van der Waals surface area contributed by atoms with E-state index in [0.717, 1.165) is 0 Å². The first-order valence-corrected chi connectivity index (χ1v) is 3.04. The zero-order valence-electron chi connectivity index (χ0n) is 5.99. The Balaban J connectivity index is 0.00000121. The van der Waals surface area contributed by atoms with Gasteiger partial charge in [-0.25, -0.2) is 4.79 Å². The second-order valence-electron chi connectivity index (χ2n) is 1.87. The molecular weight excluding hydrogens is 252 g/mol. The SMILES string of the molecule is O=COC(=O)c1ccccc1.[Ag]. The smallest absolute Gasteiger partial charge is 0.345 e. The number of esters is 1. The van der Waals surface area contributed by atoms with E-state index >= 15 is 0 Å². The summed E-state index contributed by atoms with van der Waals surface area (Å²) in [6, 6.07) is 8.32. The molecule has 0 aliphatic rings. The molecule has 4 heteroatoms. The van der Waals surface area contributed by atoms with Gasteiger partial charge in [-0.1, -0.05) is 18.2 Å². The number of hydrogen-bond acceptors (Lipinski definition) is 3. The predicted octanol–water partition coefficient (Wildman–Crippen LogP) is 0.997. The van der Waals surface area contributed by atoms with Gasteiger partial charge in [-0.15, -0.1) is 0 Å². The Kier molecular flexibility index (Phi) is 5.28. The van der Waals surface area contributed by atoms with E-state index < -0.39 is 5.97 Å². The van der Waals surface area contributed by atoms with E-state index in [9.17, 15) is 9.59 Å². The van der Waals surface area contributed by atoms with E-state index in [2.05, 4.69) is 4.74 Å². The molecule has 0 atom stereocenters. The summed E-state index contributed by atoms with van der Waals surface area (Å²) in [4.78, 5) is 20.5. The molecular formula is C8H6AgO3. The number of rotatable bonds is 2. The van der Waals surface area contributed by atoms with Gasteiger partial charge in [0, 0.05) is 22.4 Å². The summed E-state index contributed by atoms with van der Waals surface area (Å²) in [5.74, 6) is -0.624. The first-order chi connectivity index (χ1) is 5.34. The molecule has 0 N–H and O–H groups in total. The Morgan fingerprint density at radius 1 is 1.25 bits per heavy atom. The number of ether oxygens (including phenoxy) is 1. The predicted molar refractivity (Wildman–Crippen MR) is 37.9 cm³/mol. The monoisotopic (exact) mass is 257 g/mol. The molecule has 67 valence electrons. The van der Waals surface area contributed by atoms with Gasteiger partial charge in [-0.3, -0.25) is 4.79 Å². The zero-order valence-corrected chi connectivity index (χ0v) is 7.47. The zero-order chi connectivity index (χ0) is 8.10. The maximum Gasteiger partial charge on any atom is 0.345 e. The van der Waals surface area contributed by atoms with Crippen molar-refractivity contribution in [1.82, 2.24) is 0 Å². The molecule has 0 unspecified atom stereocenters. The van der Waals surface area contributed by atoms with E-state index in [-0.39, 0.29) is 28.9 Å². The molecule has 3 nitrogen and oxygen atoms in total. The quantitative estimate of drug-likeness (QED) is 0.344. The summed E-state index contributed by atoms with van der Waals surface area (Å²) in [7, 11) is 0. The van der Waals surface area contributed by atoms with Crippen molar-refractivity contribution >= 4 is 12.4 Å². The topological polar surface area (TPSA) is 43.4 Å². The largest absolute Gasteiger partial charge is 0.392 e. The third-order valence-electron chi connectivity index (χ3n) is 1.16. The molecule has 0 spiro atoms. The van der Waals surface area contributed by atoms with Crippen LogP contribution in [0.2, 0.25) is 0 Å². The molecule has 1 rings (SSSR count). The molecule has 1 radical (unpaired) electrons. The van der Waals surface area contributed by atoms with Crippen LogP contribution in [0.5, 0.6) is 0 Å². The summed E-state index contributed by atoms with van der Waals surface area (Å²) in [5, 5.41) is 0. The van der Waals surface area contributed by atoms with Gasteiger partial charge < -0.3 is 4.74 Å². The average molecular weight is 258 g/mol. The second-order valence-corrected chi connectivity index (χ2v) is 1.87. The van der Waals surface area contributed by atoms with Gasteiger partial charge in [0.15, 0.2) is 0 Å². The van der Waals surface area contributed by atoms with Gasteiger partial charge in [0.2, 0.25) is 0 Å². The molecule has 0 heterocycles. The van der Waals surface area contributed by atoms with Crippen molar-refractivity contribution in [2.24, 2.45) is 0 Å². The van der Waals surface area contributed by atoms with Crippen molar-refractivity contribution in [3.05, 3.63) is 35.9 Å². The first-order valence-electron chi connectivity index (χ1n) is 3.04. The van der Waals surface area contributed by atoms with E-state index in [1.54, 1.807) is 30.3 Å². The molecule has 0 aliphatic heterocycles. The summed E-state index contributed by atoms with van der Waals surface area (Å²) in [6.45, 7) is 0.120. The van der Waals surface area contributed by atoms with Gasteiger partial charge >= 0.3 is 12.4 Å². The Morgan fingerprint density at radius 2 is 1.83 bits per heavy atom. The molecule has 0 aliphatic carbocycles. The maximum absolute atomic E-state index is 10.8. The van der Waals surface area contributed by atoms with Gasteiger partial charge in [-0.2, -0.15) is 0 Å². The van der Waals surface area contributed by atoms with Crippen molar-refractivity contribution < 1.29 is 36.7 Å². The average Bonchev–Trinajstić information content (AvgIpc) is 2.07. The van der Waals surface area contributed by atoms with Crippen LogP contribution in [-0.4, -0.2) is 12.4 Å². The minimum Gasteiger partial charge on any atom is -0.392 e. The van der Waals surface area contributed by atoms with Gasteiger partial charge in [-0.05, 0) is 12.1 Å². The summed E-state index contributed by atoms with van der Waals surface area (Å²) in [6.07, 6.45) is 0. The maximum atomic E-state index is 10.8.